The second-order valence-electron chi connectivity index (χ2n) is 4.45. The van der Waals surface area contributed by atoms with E-state index >= 15 is 0 Å². The van der Waals surface area contributed by atoms with Gasteiger partial charge in [-0.25, -0.2) is 8.42 Å². The minimum absolute atomic E-state index is 0.157. The van der Waals surface area contributed by atoms with Crippen LogP contribution < -0.4 is 4.74 Å². The van der Waals surface area contributed by atoms with Gasteiger partial charge in [-0.05, 0) is 43.3 Å². The van der Waals surface area contributed by atoms with Crippen molar-refractivity contribution in [2.24, 2.45) is 0 Å². The lowest BCUT2D eigenvalue weighted by Crippen LogP contribution is -2.16. The van der Waals surface area contributed by atoms with E-state index < -0.39 is 21.4 Å². The van der Waals surface area contributed by atoms with Gasteiger partial charge in [0.05, 0.1) is 11.5 Å². The van der Waals surface area contributed by atoms with Crippen molar-refractivity contribution in [1.29, 1.82) is 0 Å². The van der Waals surface area contributed by atoms with E-state index in [0.29, 0.717) is 17.9 Å². The first-order valence-electron chi connectivity index (χ1n) is 6.57. The second-order valence-corrected chi connectivity index (χ2v) is 6.44. The molecule has 110 valence electrons. The van der Waals surface area contributed by atoms with E-state index in [1.165, 1.54) is 12.1 Å². The number of ketones is 1. The van der Waals surface area contributed by atoms with Gasteiger partial charge in [0.2, 0.25) is 0 Å². The van der Waals surface area contributed by atoms with Gasteiger partial charge >= 0.3 is 0 Å². The molecule has 0 unspecified atom stereocenters. The summed E-state index contributed by atoms with van der Waals surface area (Å²) >= 11 is 0. The van der Waals surface area contributed by atoms with Crippen LogP contribution in [0.1, 0.15) is 17.3 Å². The van der Waals surface area contributed by atoms with Crippen LogP contribution in [0.3, 0.4) is 0 Å². The van der Waals surface area contributed by atoms with Gasteiger partial charge in [-0.2, -0.15) is 0 Å². The molecule has 0 fully saturated rings. The number of rotatable bonds is 6. The zero-order valence-electron chi connectivity index (χ0n) is 11.7. The molecule has 0 aliphatic heterocycles. The number of benzene rings is 2. The fraction of sp³-hybridized carbons (Fsp3) is 0.188. The van der Waals surface area contributed by atoms with E-state index in [1.807, 2.05) is 6.92 Å². The molecule has 0 amide bonds. The summed E-state index contributed by atoms with van der Waals surface area (Å²) in [6.45, 7) is 2.40. The van der Waals surface area contributed by atoms with Crippen LogP contribution in [-0.4, -0.2) is 26.6 Å². The minimum atomic E-state index is -3.61. The van der Waals surface area contributed by atoms with Crippen molar-refractivity contribution in [3.8, 4) is 5.75 Å². The minimum Gasteiger partial charge on any atom is -0.494 e. The number of hydrogen-bond donors (Lipinski definition) is 0. The Morgan fingerprint density at radius 1 is 1.00 bits per heavy atom. The third-order valence-electron chi connectivity index (χ3n) is 2.91. The molecule has 0 atom stereocenters. The highest BCUT2D eigenvalue weighted by Crippen LogP contribution is 2.15. The maximum atomic E-state index is 12.1. The lowest BCUT2D eigenvalue weighted by molar-refractivity contribution is 0.102. The molecule has 0 radical (unpaired) electrons. The molecule has 0 bridgehead atoms. The summed E-state index contributed by atoms with van der Waals surface area (Å²) in [5, 5.41) is 0. The quantitative estimate of drug-likeness (QED) is 0.770. The Morgan fingerprint density at radius 3 is 2.19 bits per heavy atom. The second kappa shape index (κ2) is 6.54. The lowest BCUT2D eigenvalue weighted by Gasteiger charge is -2.06. The first-order valence-corrected chi connectivity index (χ1v) is 8.22. The lowest BCUT2D eigenvalue weighted by atomic mass is 10.1. The van der Waals surface area contributed by atoms with Crippen molar-refractivity contribution in [2.45, 2.75) is 11.8 Å². The fourth-order valence-corrected chi connectivity index (χ4v) is 3.12. The summed E-state index contributed by atoms with van der Waals surface area (Å²) in [4.78, 5) is 12.2. The van der Waals surface area contributed by atoms with Gasteiger partial charge in [-0.3, -0.25) is 4.79 Å². The molecule has 21 heavy (non-hydrogen) atoms. The van der Waals surface area contributed by atoms with Crippen molar-refractivity contribution in [3.05, 3.63) is 60.2 Å². The SMILES string of the molecule is CCOc1ccc(C(=O)CS(=O)(=O)c2ccccc2)cc1. The topological polar surface area (TPSA) is 60.4 Å². The van der Waals surface area contributed by atoms with Crippen LogP contribution in [0.25, 0.3) is 0 Å². The average molecular weight is 304 g/mol. The Labute approximate surface area is 124 Å². The fourth-order valence-electron chi connectivity index (χ4n) is 1.87. The van der Waals surface area contributed by atoms with Crippen molar-refractivity contribution in [2.75, 3.05) is 12.4 Å². The summed E-state index contributed by atoms with van der Waals surface area (Å²) < 4.78 is 29.6. The maximum absolute atomic E-state index is 12.1. The van der Waals surface area contributed by atoms with E-state index in [4.69, 9.17) is 4.74 Å². The molecule has 4 nitrogen and oxygen atoms in total. The van der Waals surface area contributed by atoms with Crippen LogP contribution in [-0.2, 0) is 9.84 Å². The molecular formula is C16H16O4S. The van der Waals surface area contributed by atoms with Crippen LogP contribution in [0, 0.1) is 0 Å². The normalized spacial score (nSPS) is 11.1. The Bertz CT molecular complexity index is 704. The van der Waals surface area contributed by atoms with Crippen LogP contribution in [0.5, 0.6) is 5.75 Å². The predicted octanol–water partition coefficient (Wildman–Crippen LogP) is 2.74. The number of sulfone groups is 1. The highest BCUT2D eigenvalue weighted by molar-refractivity contribution is 7.92. The first-order chi connectivity index (χ1) is 10.0. The van der Waals surface area contributed by atoms with Gasteiger partial charge in [0, 0.05) is 5.56 Å². The van der Waals surface area contributed by atoms with E-state index in [1.54, 1.807) is 42.5 Å². The van der Waals surface area contributed by atoms with Crippen LogP contribution in [0.4, 0.5) is 0 Å². The molecule has 0 heterocycles. The Kier molecular flexibility index (Phi) is 4.75. The molecule has 0 N–H and O–H groups in total. The molecular weight excluding hydrogens is 288 g/mol. The van der Waals surface area contributed by atoms with Crippen molar-refractivity contribution in [3.63, 3.8) is 0 Å². The Hall–Kier alpha value is -2.14. The third-order valence-corrected chi connectivity index (χ3v) is 4.54. The largest absolute Gasteiger partial charge is 0.494 e. The smallest absolute Gasteiger partial charge is 0.185 e. The number of Topliss-reactive ketones (excluding diaryl/α,β-unsaturated/α-hetero) is 1. The maximum Gasteiger partial charge on any atom is 0.185 e. The van der Waals surface area contributed by atoms with Crippen LogP contribution in [0.15, 0.2) is 59.5 Å². The first kappa shape index (κ1) is 15.3. The summed E-state index contributed by atoms with van der Waals surface area (Å²) in [5.74, 6) is -0.313. The molecule has 5 heteroatoms. The zero-order chi connectivity index (χ0) is 15.3. The van der Waals surface area contributed by atoms with Gasteiger partial charge in [0.25, 0.3) is 0 Å². The van der Waals surface area contributed by atoms with Gasteiger partial charge in [0.1, 0.15) is 11.5 Å². The highest BCUT2D eigenvalue weighted by atomic mass is 32.2. The van der Waals surface area contributed by atoms with Gasteiger partial charge < -0.3 is 4.74 Å². The molecule has 0 saturated carbocycles. The Morgan fingerprint density at radius 2 is 1.62 bits per heavy atom. The van der Waals surface area contributed by atoms with Gasteiger partial charge in [-0.15, -0.1) is 0 Å². The van der Waals surface area contributed by atoms with Crippen molar-refractivity contribution >= 4 is 15.6 Å². The molecule has 0 saturated heterocycles. The van der Waals surface area contributed by atoms with E-state index in [2.05, 4.69) is 0 Å². The van der Waals surface area contributed by atoms with Crippen LogP contribution >= 0.6 is 0 Å². The molecule has 0 aromatic heterocycles. The molecule has 2 aromatic rings. The zero-order valence-corrected chi connectivity index (χ0v) is 12.5. The monoisotopic (exact) mass is 304 g/mol. The third kappa shape index (κ3) is 3.92. The number of carbonyl (C=O) groups excluding carboxylic acids is 1. The number of ether oxygens (including phenoxy) is 1. The average Bonchev–Trinajstić information content (AvgIpc) is 2.49. The van der Waals surface area contributed by atoms with Crippen LogP contribution in [0.2, 0.25) is 0 Å². The Balaban J connectivity index is 2.14. The number of hydrogen-bond acceptors (Lipinski definition) is 4. The standard InChI is InChI=1S/C16H16O4S/c1-2-20-14-10-8-13(9-11-14)16(17)12-21(18,19)15-6-4-3-5-7-15/h3-11H,2,12H2,1H3. The summed E-state index contributed by atoms with van der Waals surface area (Å²) in [7, 11) is -3.61. The number of carbonyl (C=O) groups is 1. The van der Waals surface area contributed by atoms with E-state index in [0.717, 1.165) is 0 Å². The summed E-state index contributed by atoms with van der Waals surface area (Å²) in [6, 6.07) is 14.4. The van der Waals surface area contributed by atoms with Gasteiger partial charge in [0.15, 0.2) is 15.6 Å². The van der Waals surface area contributed by atoms with E-state index in [-0.39, 0.29) is 4.90 Å². The molecule has 2 aromatic carbocycles. The highest BCUT2D eigenvalue weighted by Gasteiger charge is 2.20. The van der Waals surface area contributed by atoms with E-state index in [9.17, 15) is 13.2 Å². The van der Waals surface area contributed by atoms with Gasteiger partial charge in [-0.1, -0.05) is 18.2 Å². The summed E-state index contributed by atoms with van der Waals surface area (Å²) in [6.07, 6.45) is 0. The van der Waals surface area contributed by atoms with Crippen molar-refractivity contribution in [1.82, 2.24) is 0 Å². The predicted molar refractivity (Wildman–Crippen MR) is 80.4 cm³/mol. The molecule has 0 spiro atoms. The molecule has 2 rings (SSSR count). The van der Waals surface area contributed by atoms with Crippen molar-refractivity contribution < 1.29 is 17.9 Å². The molecule has 0 aliphatic carbocycles. The summed E-state index contributed by atoms with van der Waals surface area (Å²) in [5.41, 5.74) is 0.359. The molecule has 0 aliphatic rings.